The SMILES string of the molecule is Cl.O=C(CCCN1CC[C@H]2Nc3ccccc3[C@H]2C1)c1ccc(F)cc1. The molecule has 4 rings (SSSR count). The van der Waals surface area contributed by atoms with E-state index in [1.54, 1.807) is 12.1 Å². The Bertz CT molecular complexity index is 765. The van der Waals surface area contributed by atoms with Crippen LogP contribution in [0.3, 0.4) is 0 Å². The zero-order valence-corrected chi connectivity index (χ0v) is 15.5. The molecule has 2 aromatic rings. The number of carbonyl (C=O) groups is 1. The topological polar surface area (TPSA) is 32.3 Å². The van der Waals surface area contributed by atoms with Crippen molar-refractivity contribution in [2.24, 2.45) is 0 Å². The molecule has 2 atom stereocenters. The number of hydrogen-bond acceptors (Lipinski definition) is 3. The van der Waals surface area contributed by atoms with E-state index in [1.807, 2.05) is 0 Å². The lowest BCUT2D eigenvalue weighted by Gasteiger charge is -2.35. The van der Waals surface area contributed by atoms with Gasteiger partial charge in [-0.3, -0.25) is 4.79 Å². The van der Waals surface area contributed by atoms with Gasteiger partial charge in [0.1, 0.15) is 5.82 Å². The largest absolute Gasteiger partial charge is 0.381 e. The van der Waals surface area contributed by atoms with Crippen LogP contribution in [0.4, 0.5) is 10.1 Å². The molecule has 1 saturated heterocycles. The van der Waals surface area contributed by atoms with Crippen molar-refractivity contribution in [3.63, 3.8) is 0 Å². The zero-order chi connectivity index (χ0) is 17.2. The Hall–Kier alpha value is -1.91. The predicted octanol–water partition coefficient (Wildman–Crippen LogP) is 4.49. The van der Waals surface area contributed by atoms with Crippen LogP contribution in [-0.4, -0.2) is 36.4 Å². The third-order valence-corrected chi connectivity index (χ3v) is 5.44. The summed E-state index contributed by atoms with van der Waals surface area (Å²) in [6.45, 7) is 3.07. The van der Waals surface area contributed by atoms with E-state index in [4.69, 9.17) is 0 Å². The number of likely N-dealkylation sites (tertiary alicyclic amines) is 1. The zero-order valence-electron chi connectivity index (χ0n) is 14.7. The number of ketones is 1. The van der Waals surface area contributed by atoms with E-state index < -0.39 is 0 Å². The number of nitrogens with one attached hydrogen (secondary N) is 1. The van der Waals surface area contributed by atoms with E-state index in [0.717, 1.165) is 32.5 Å². The summed E-state index contributed by atoms with van der Waals surface area (Å²) in [5.41, 5.74) is 3.32. The number of halogens is 2. The Morgan fingerprint density at radius 3 is 2.73 bits per heavy atom. The molecule has 2 aromatic carbocycles. The van der Waals surface area contributed by atoms with E-state index in [-0.39, 0.29) is 24.0 Å². The van der Waals surface area contributed by atoms with Crippen molar-refractivity contribution < 1.29 is 9.18 Å². The number of anilines is 1. The molecule has 138 valence electrons. The molecular weight excluding hydrogens is 351 g/mol. The lowest BCUT2D eigenvalue weighted by Crippen LogP contribution is -2.42. The summed E-state index contributed by atoms with van der Waals surface area (Å²) in [6.07, 6.45) is 2.51. The van der Waals surface area contributed by atoms with E-state index in [9.17, 15) is 9.18 Å². The smallest absolute Gasteiger partial charge is 0.162 e. The van der Waals surface area contributed by atoms with Crippen molar-refractivity contribution in [1.82, 2.24) is 4.90 Å². The summed E-state index contributed by atoms with van der Waals surface area (Å²) >= 11 is 0. The molecule has 0 bridgehead atoms. The number of hydrogen-bond donors (Lipinski definition) is 1. The van der Waals surface area contributed by atoms with Gasteiger partial charge in [0.05, 0.1) is 0 Å². The predicted molar refractivity (Wildman–Crippen MR) is 105 cm³/mol. The minimum absolute atomic E-state index is 0. The second-order valence-corrected chi connectivity index (χ2v) is 7.07. The fourth-order valence-electron chi connectivity index (χ4n) is 4.11. The van der Waals surface area contributed by atoms with Gasteiger partial charge in [0, 0.05) is 42.7 Å². The van der Waals surface area contributed by atoms with Crippen LogP contribution in [0.5, 0.6) is 0 Å². The van der Waals surface area contributed by atoms with Crippen molar-refractivity contribution in [3.05, 3.63) is 65.5 Å². The number of fused-ring (bicyclic) bond motifs is 3. The molecule has 0 radical (unpaired) electrons. The Kier molecular flexibility index (Phi) is 5.94. The van der Waals surface area contributed by atoms with Crippen LogP contribution in [-0.2, 0) is 0 Å². The van der Waals surface area contributed by atoms with Crippen LogP contribution in [0.1, 0.15) is 41.1 Å². The van der Waals surface area contributed by atoms with Gasteiger partial charge in [0.2, 0.25) is 0 Å². The molecule has 2 heterocycles. The lowest BCUT2D eigenvalue weighted by molar-refractivity contribution is 0.0971. The number of nitrogens with zero attached hydrogens (tertiary/aromatic N) is 1. The van der Waals surface area contributed by atoms with Gasteiger partial charge >= 0.3 is 0 Å². The van der Waals surface area contributed by atoms with E-state index in [1.165, 1.54) is 23.4 Å². The molecule has 1 N–H and O–H groups in total. The minimum atomic E-state index is -0.301. The Labute approximate surface area is 160 Å². The minimum Gasteiger partial charge on any atom is -0.381 e. The lowest BCUT2D eigenvalue weighted by atomic mass is 9.89. The van der Waals surface area contributed by atoms with Crippen LogP contribution >= 0.6 is 12.4 Å². The maximum Gasteiger partial charge on any atom is 0.162 e. The molecule has 2 aliphatic heterocycles. The van der Waals surface area contributed by atoms with Gasteiger partial charge < -0.3 is 10.2 Å². The second kappa shape index (κ2) is 8.19. The summed E-state index contributed by atoms with van der Waals surface area (Å²) in [5.74, 6) is 0.352. The highest BCUT2D eigenvalue weighted by atomic mass is 35.5. The first-order valence-electron chi connectivity index (χ1n) is 9.07. The van der Waals surface area contributed by atoms with Crippen molar-refractivity contribution >= 4 is 23.9 Å². The molecule has 3 nitrogen and oxygen atoms in total. The fourth-order valence-corrected chi connectivity index (χ4v) is 4.11. The highest BCUT2D eigenvalue weighted by molar-refractivity contribution is 5.95. The van der Waals surface area contributed by atoms with Gasteiger partial charge in [-0.05, 0) is 55.3 Å². The van der Waals surface area contributed by atoms with Crippen LogP contribution in [0.2, 0.25) is 0 Å². The van der Waals surface area contributed by atoms with E-state index in [2.05, 4.69) is 34.5 Å². The molecule has 2 aliphatic rings. The first-order valence-corrected chi connectivity index (χ1v) is 9.07. The highest BCUT2D eigenvalue weighted by Gasteiger charge is 2.36. The maximum atomic E-state index is 12.9. The van der Waals surface area contributed by atoms with Gasteiger partial charge in [-0.1, -0.05) is 18.2 Å². The number of carbonyl (C=O) groups excluding carboxylic acids is 1. The third-order valence-electron chi connectivity index (χ3n) is 5.44. The molecule has 0 amide bonds. The second-order valence-electron chi connectivity index (χ2n) is 7.07. The number of benzene rings is 2. The van der Waals surface area contributed by atoms with E-state index >= 15 is 0 Å². The molecule has 5 heteroatoms. The summed E-state index contributed by atoms with van der Waals surface area (Å²) in [7, 11) is 0. The number of para-hydroxylation sites is 1. The fraction of sp³-hybridized carbons (Fsp3) is 0.381. The number of rotatable bonds is 5. The van der Waals surface area contributed by atoms with Gasteiger partial charge in [0.25, 0.3) is 0 Å². The van der Waals surface area contributed by atoms with Crippen LogP contribution in [0.15, 0.2) is 48.5 Å². The van der Waals surface area contributed by atoms with Gasteiger partial charge in [-0.2, -0.15) is 0 Å². The molecular formula is C21H24ClFN2O. The summed E-state index contributed by atoms with van der Waals surface area (Å²) < 4.78 is 12.9. The van der Waals surface area contributed by atoms with E-state index in [0.29, 0.717) is 23.9 Å². The summed E-state index contributed by atoms with van der Waals surface area (Å²) in [4.78, 5) is 14.7. The standard InChI is InChI=1S/C21H23FN2O.ClH/c22-16-9-7-15(8-10-16)21(25)6-3-12-24-13-11-20-18(14-24)17-4-1-2-5-19(17)23-20;/h1-2,4-5,7-10,18,20,23H,3,6,11-14H2;1H/t18-,20-;/m1./s1. The molecule has 0 unspecified atom stereocenters. The average molecular weight is 375 g/mol. The monoisotopic (exact) mass is 374 g/mol. The number of piperidine rings is 1. The van der Waals surface area contributed by atoms with Crippen LogP contribution in [0, 0.1) is 5.82 Å². The first-order chi connectivity index (χ1) is 12.2. The van der Waals surface area contributed by atoms with Crippen molar-refractivity contribution in [2.45, 2.75) is 31.2 Å². The average Bonchev–Trinajstić information content (AvgIpc) is 3.00. The summed E-state index contributed by atoms with van der Waals surface area (Å²) in [5, 5.41) is 3.65. The Morgan fingerprint density at radius 2 is 1.92 bits per heavy atom. The van der Waals surface area contributed by atoms with Gasteiger partial charge in [-0.15, -0.1) is 12.4 Å². The normalized spacial score (nSPS) is 21.3. The Balaban J connectivity index is 0.00000196. The van der Waals surface area contributed by atoms with Crippen LogP contribution in [0.25, 0.3) is 0 Å². The molecule has 1 fully saturated rings. The molecule has 0 spiro atoms. The van der Waals surface area contributed by atoms with Gasteiger partial charge in [0.15, 0.2) is 5.78 Å². The van der Waals surface area contributed by atoms with Gasteiger partial charge in [-0.25, -0.2) is 4.39 Å². The number of Topliss-reactive ketones (excluding diaryl/α,β-unsaturated/α-hetero) is 1. The molecule has 26 heavy (non-hydrogen) atoms. The summed E-state index contributed by atoms with van der Waals surface area (Å²) in [6, 6.07) is 15.0. The highest BCUT2D eigenvalue weighted by Crippen LogP contribution is 2.39. The Morgan fingerprint density at radius 1 is 1.15 bits per heavy atom. The molecule has 0 saturated carbocycles. The molecule has 0 aromatic heterocycles. The van der Waals surface area contributed by atoms with Crippen molar-refractivity contribution in [2.75, 3.05) is 25.0 Å². The molecule has 0 aliphatic carbocycles. The van der Waals surface area contributed by atoms with Crippen molar-refractivity contribution in [3.8, 4) is 0 Å². The van der Waals surface area contributed by atoms with Crippen LogP contribution < -0.4 is 5.32 Å². The quantitative estimate of drug-likeness (QED) is 0.782. The first kappa shape index (κ1) is 18.9. The third kappa shape index (κ3) is 3.92. The van der Waals surface area contributed by atoms with Crippen molar-refractivity contribution in [1.29, 1.82) is 0 Å². The maximum absolute atomic E-state index is 12.9.